The molecular weight excluding hydrogens is 382 g/mol. The van der Waals surface area contributed by atoms with E-state index in [0.29, 0.717) is 35.0 Å². The maximum absolute atomic E-state index is 12.3. The number of rotatable bonds is 8. The molecule has 1 heterocycles. The Bertz CT molecular complexity index is 1090. The Hall–Kier alpha value is -4.11. The monoisotopic (exact) mass is 401 g/mol. The summed E-state index contributed by atoms with van der Waals surface area (Å²) in [5.74, 6) is 1.13. The summed E-state index contributed by atoms with van der Waals surface area (Å²) in [6.07, 6.45) is 3.02. The van der Waals surface area contributed by atoms with E-state index in [1.807, 2.05) is 6.07 Å². The van der Waals surface area contributed by atoms with Crippen molar-refractivity contribution in [3.63, 3.8) is 0 Å². The van der Waals surface area contributed by atoms with Gasteiger partial charge in [-0.15, -0.1) is 0 Å². The molecule has 0 aliphatic rings. The van der Waals surface area contributed by atoms with Gasteiger partial charge in [0.05, 0.1) is 12.2 Å². The fourth-order valence-electron chi connectivity index (χ4n) is 2.67. The van der Waals surface area contributed by atoms with Crippen LogP contribution in [0.25, 0.3) is 17.4 Å². The van der Waals surface area contributed by atoms with Crippen LogP contribution >= 0.6 is 0 Å². The van der Waals surface area contributed by atoms with E-state index in [2.05, 4.69) is 0 Å². The highest BCUT2D eigenvalue weighted by Crippen LogP contribution is 2.23. The minimum absolute atomic E-state index is 0.0421. The van der Waals surface area contributed by atoms with Crippen molar-refractivity contribution < 1.29 is 23.5 Å². The Morgan fingerprint density at radius 2 is 1.70 bits per heavy atom. The molecular formula is C24H19NO5. The molecule has 0 aliphatic carbocycles. The van der Waals surface area contributed by atoms with Crippen LogP contribution < -0.4 is 4.74 Å². The van der Waals surface area contributed by atoms with Crippen LogP contribution in [0.3, 0.4) is 0 Å². The molecule has 0 fully saturated rings. The maximum atomic E-state index is 12.3. The summed E-state index contributed by atoms with van der Waals surface area (Å²) < 4.78 is 15.9. The number of furan rings is 1. The zero-order chi connectivity index (χ0) is 21.3. The third kappa shape index (κ3) is 5.24. The smallest absolute Gasteiger partial charge is 0.338 e. The van der Waals surface area contributed by atoms with Gasteiger partial charge in [-0.05, 0) is 67.6 Å². The summed E-state index contributed by atoms with van der Waals surface area (Å²) in [6, 6.07) is 18.9. The average Bonchev–Trinajstić information content (AvgIpc) is 3.26. The van der Waals surface area contributed by atoms with Crippen molar-refractivity contribution in [2.24, 2.45) is 0 Å². The molecule has 0 radical (unpaired) electrons. The Morgan fingerprint density at radius 3 is 2.37 bits per heavy atom. The van der Waals surface area contributed by atoms with Crippen LogP contribution in [0.4, 0.5) is 0 Å². The molecule has 1 aromatic heterocycles. The standard InChI is InChI=1S/C24H19NO5/c1-2-28-24(27)19-5-3-18(4-6-19)23-14-12-21(30-23)11-13-22(26)17-7-9-20(10-8-17)29-16-15-25/h3-14H,2,16H2,1H3/b13-11+. The van der Waals surface area contributed by atoms with Crippen molar-refractivity contribution in [1.29, 1.82) is 5.26 Å². The topological polar surface area (TPSA) is 89.5 Å². The quantitative estimate of drug-likeness (QED) is 0.302. The molecule has 0 saturated carbocycles. The lowest BCUT2D eigenvalue weighted by atomic mass is 10.1. The number of hydrogen-bond donors (Lipinski definition) is 0. The molecule has 3 aromatic rings. The lowest BCUT2D eigenvalue weighted by molar-refractivity contribution is 0.0526. The minimum Gasteiger partial charge on any atom is -0.479 e. The summed E-state index contributed by atoms with van der Waals surface area (Å²) >= 11 is 0. The largest absolute Gasteiger partial charge is 0.479 e. The number of esters is 1. The van der Waals surface area contributed by atoms with Crippen LogP contribution in [-0.4, -0.2) is 25.0 Å². The summed E-state index contributed by atoms with van der Waals surface area (Å²) in [5.41, 5.74) is 1.78. The van der Waals surface area contributed by atoms with Crippen LogP contribution in [0.5, 0.6) is 5.75 Å². The van der Waals surface area contributed by atoms with E-state index < -0.39 is 0 Å². The third-order valence-electron chi connectivity index (χ3n) is 4.15. The Morgan fingerprint density at radius 1 is 1.00 bits per heavy atom. The van der Waals surface area contributed by atoms with Gasteiger partial charge in [-0.25, -0.2) is 4.79 Å². The van der Waals surface area contributed by atoms with Crippen LogP contribution in [0.15, 0.2) is 71.2 Å². The summed E-state index contributed by atoms with van der Waals surface area (Å²) in [4.78, 5) is 24.0. The van der Waals surface area contributed by atoms with Gasteiger partial charge in [-0.2, -0.15) is 5.26 Å². The number of ketones is 1. The molecule has 0 unspecified atom stereocenters. The van der Waals surface area contributed by atoms with E-state index in [1.54, 1.807) is 73.7 Å². The number of ether oxygens (including phenoxy) is 2. The predicted molar refractivity (Wildman–Crippen MR) is 111 cm³/mol. The van der Waals surface area contributed by atoms with Gasteiger partial charge in [0.2, 0.25) is 0 Å². The Labute approximate surface area is 174 Å². The molecule has 0 amide bonds. The lowest BCUT2D eigenvalue weighted by Crippen LogP contribution is -2.03. The van der Waals surface area contributed by atoms with Crippen molar-refractivity contribution in [3.8, 4) is 23.1 Å². The van der Waals surface area contributed by atoms with E-state index in [4.69, 9.17) is 19.2 Å². The number of hydrogen-bond acceptors (Lipinski definition) is 6. The second kappa shape index (κ2) is 9.89. The van der Waals surface area contributed by atoms with Gasteiger partial charge in [0.25, 0.3) is 0 Å². The normalized spacial score (nSPS) is 10.5. The number of carbonyl (C=O) groups is 2. The van der Waals surface area contributed by atoms with Crippen molar-refractivity contribution in [3.05, 3.63) is 83.6 Å². The minimum atomic E-state index is -0.365. The van der Waals surface area contributed by atoms with Crippen LogP contribution in [-0.2, 0) is 4.74 Å². The van der Waals surface area contributed by atoms with Gasteiger partial charge in [-0.1, -0.05) is 12.1 Å². The number of benzene rings is 2. The third-order valence-corrected chi connectivity index (χ3v) is 4.15. The van der Waals surface area contributed by atoms with Crippen molar-refractivity contribution in [2.75, 3.05) is 13.2 Å². The first-order valence-corrected chi connectivity index (χ1v) is 9.30. The fraction of sp³-hybridized carbons (Fsp3) is 0.125. The van der Waals surface area contributed by atoms with E-state index in [9.17, 15) is 9.59 Å². The van der Waals surface area contributed by atoms with Crippen LogP contribution in [0.2, 0.25) is 0 Å². The molecule has 2 aromatic carbocycles. The molecule has 30 heavy (non-hydrogen) atoms. The zero-order valence-corrected chi connectivity index (χ0v) is 16.3. The highest BCUT2D eigenvalue weighted by Gasteiger charge is 2.09. The van der Waals surface area contributed by atoms with E-state index in [0.717, 1.165) is 5.56 Å². The van der Waals surface area contributed by atoms with Gasteiger partial charge in [0, 0.05) is 11.1 Å². The van der Waals surface area contributed by atoms with E-state index in [1.165, 1.54) is 6.08 Å². The molecule has 0 bridgehead atoms. The molecule has 0 aliphatic heterocycles. The second-order valence-corrected chi connectivity index (χ2v) is 6.17. The molecule has 0 saturated heterocycles. The van der Waals surface area contributed by atoms with Gasteiger partial charge in [-0.3, -0.25) is 4.79 Å². The fourth-order valence-corrected chi connectivity index (χ4v) is 2.67. The molecule has 6 heteroatoms. The molecule has 3 rings (SSSR count). The lowest BCUT2D eigenvalue weighted by Gasteiger charge is -2.02. The van der Waals surface area contributed by atoms with Crippen LogP contribution in [0.1, 0.15) is 33.4 Å². The first kappa shape index (κ1) is 20.6. The van der Waals surface area contributed by atoms with Crippen molar-refractivity contribution >= 4 is 17.8 Å². The van der Waals surface area contributed by atoms with Gasteiger partial charge < -0.3 is 13.9 Å². The average molecular weight is 401 g/mol. The van der Waals surface area contributed by atoms with E-state index >= 15 is 0 Å². The number of carbonyl (C=O) groups excluding carboxylic acids is 2. The number of nitriles is 1. The second-order valence-electron chi connectivity index (χ2n) is 6.17. The molecule has 0 spiro atoms. The zero-order valence-electron chi connectivity index (χ0n) is 16.3. The first-order valence-electron chi connectivity index (χ1n) is 9.30. The first-order chi connectivity index (χ1) is 14.6. The summed E-state index contributed by atoms with van der Waals surface area (Å²) in [5, 5.41) is 8.51. The van der Waals surface area contributed by atoms with Gasteiger partial charge in [0.1, 0.15) is 23.3 Å². The predicted octanol–water partition coefficient (Wildman–Crippen LogP) is 4.92. The highest BCUT2D eigenvalue weighted by atomic mass is 16.5. The highest BCUT2D eigenvalue weighted by molar-refractivity contribution is 6.06. The Balaban J connectivity index is 1.64. The summed E-state index contributed by atoms with van der Waals surface area (Å²) in [6.45, 7) is 2.04. The Kier molecular flexibility index (Phi) is 6.80. The van der Waals surface area contributed by atoms with Gasteiger partial charge >= 0.3 is 5.97 Å². The molecule has 6 nitrogen and oxygen atoms in total. The molecule has 0 N–H and O–H groups in total. The SMILES string of the molecule is CCOC(=O)c1ccc(-c2ccc(/C=C/C(=O)c3ccc(OCC#N)cc3)o2)cc1. The van der Waals surface area contributed by atoms with E-state index in [-0.39, 0.29) is 18.4 Å². The number of allylic oxidation sites excluding steroid dienone is 1. The molecule has 150 valence electrons. The van der Waals surface area contributed by atoms with Crippen molar-refractivity contribution in [1.82, 2.24) is 0 Å². The van der Waals surface area contributed by atoms with Crippen LogP contribution in [0, 0.1) is 11.3 Å². The maximum Gasteiger partial charge on any atom is 0.338 e. The van der Waals surface area contributed by atoms with Gasteiger partial charge in [0.15, 0.2) is 12.4 Å². The summed E-state index contributed by atoms with van der Waals surface area (Å²) in [7, 11) is 0. The number of nitrogens with zero attached hydrogens (tertiary/aromatic N) is 1. The van der Waals surface area contributed by atoms with Crippen molar-refractivity contribution in [2.45, 2.75) is 6.92 Å². The molecule has 0 atom stereocenters.